The Labute approximate surface area is 181 Å². The van der Waals surface area contributed by atoms with E-state index in [2.05, 4.69) is 15.6 Å². The molecule has 8 nitrogen and oxygen atoms in total. The van der Waals surface area contributed by atoms with Crippen molar-refractivity contribution >= 4 is 23.6 Å². The van der Waals surface area contributed by atoms with E-state index in [4.69, 9.17) is 0 Å². The van der Waals surface area contributed by atoms with Crippen molar-refractivity contribution in [1.82, 2.24) is 25.2 Å². The molecule has 30 heavy (non-hydrogen) atoms. The van der Waals surface area contributed by atoms with Gasteiger partial charge in [-0.2, -0.15) is 0 Å². The average Bonchev–Trinajstić information content (AvgIpc) is 3.33. The van der Waals surface area contributed by atoms with E-state index in [-0.39, 0.29) is 24.8 Å². The summed E-state index contributed by atoms with van der Waals surface area (Å²) in [7, 11) is 1.53. The van der Waals surface area contributed by atoms with Crippen molar-refractivity contribution in [2.45, 2.75) is 50.3 Å². The summed E-state index contributed by atoms with van der Waals surface area (Å²) in [5.41, 5.74) is 1.11. The summed E-state index contributed by atoms with van der Waals surface area (Å²) in [6.45, 7) is 5.98. The first kappa shape index (κ1) is 22.3. The normalized spacial score (nSPS) is 20.3. The third-order valence-corrected chi connectivity index (χ3v) is 6.07. The SMILES string of the molecule is CNC(=O)C1CC(O)CN1C(=O)[C@@H](n1cc(-c2ccc(SC)cc2)nn1)C(C)(C)C. The van der Waals surface area contributed by atoms with Gasteiger partial charge in [0.2, 0.25) is 11.8 Å². The largest absolute Gasteiger partial charge is 0.391 e. The first-order chi connectivity index (χ1) is 14.2. The third kappa shape index (κ3) is 4.52. The molecule has 1 fully saturated rings. The number of nitrogens with one attached hydrogen (secondary N) is 1. The number of aromatic nitrogens is 3. The number of aliphatic hydroxyl groups excluding tert-OH is 1. The third-order valence-electron chi connectivity index (χ3n) is 5.33. The number of likely N-dealkylation sites (N-methyl/N-ethyl adjacent to an activating group) is 1. The number of likely N-dealkylation sites (tertiary alicyclic amines) is 1. The van der Waals surface area contributed by atoms with Crippen LogP contribution in [0.5, 0.6) is 0 Å². The zero-order valence-electron chi connectivity index (χ0n) is 18.0. The van der Waals surface area contributed by atoms with Crippen molar-refractivity contribution in [3.05, 3.63) is 30.5 Å². The van der Waals surface area contributed by atoms with Gasteiger partial charge in [0, 0.05) is 30.5 Å². The Balaban J connectivity index is 1.92. The Bertz CT molecular complexity index is 906. The maximum absolute atomic E-state index is 13.5. The molecule has 1 aromatic carbocycles. The second-order valence-electron chi connectivity index (χ2n) is 8.59. The van der Waals surface area contributed by atoms with Gasteiger partial charge < -0.3 is 15.3 Å². The molecule has 162 valence electrons. The van der Waals surface area contributed by atoms with Crippen LogP contribution < -0.4 is 5.32 Å². The fourth-order valence-corrected chi connectivity index (χ4v) is 4.22. The predicted molar refractivity (Wildman–Crippen MR) is 116 cm³/mol. The molecule has 2 heterocycles. The van der Waals surface area contributed by atoms with Gasteiger partial charge in [-0.1, -0.05) is 38.1 Å². The molecule has 0 radical (unpaired) electrons. The number of thioether (sulfide) groups is 1. The Morgan fingerprint density at radius 1 is 1.27 bits per heavy atom. The number of aliphatic hydroxyl groups is 1. The molecular weight excluding hydrogens is 402 g/mol. The number of amides is 2. The molecule has 0 saturated carbocycles. The van der Waals surface area contributed by atoms with Crippen molar-refractivity contribution in [3.63, 3.8) is 0 Å². The van der Waals surface area contributed by atoms with Crippen LogP contribution in [-0.4, -0.2) is 68.8 Å². The molecule has 2 unspecified atom stereocenters. The number of hydrogen-bond acceptors (Lipinski definition) is 6. The van der Waals surface area contributed by atoms with Gasteiger partial charge in [0.25, 0.3) is 0 Å². The summed E-state index contributed by atoms with van der Waals surface area (Å²) < 4.78 is 1.58. The summed E-state index contributed by atoms with van der Waals surface area (Å²) in [5.74, 6) is -0.525. The number of carbonyl (C=O) groups is 2. The van der Waals surface area contributed by atoms with E-state index >= 15 is 0 Å². The zero-order valence-corrected chi connectivity index (χ0v) is 18.8. The molecule has 0 spiro atoms. The maximum Gasteiger partial charge on any atom is 0.248 e. The number of β-amino-alcohol motifs (C(OH)–C–C–N with tert-alkyl or cyclic N) is 1. The van der Waals surface area contributed by atoms with Gasteiger partial charge in [-0.05, 0) is 23.8 Å². The van der Waals surface area contributed by atoms with E-state index in [9.17, 15) is 14.7 Å². The van der Waals surface area contributed by atoms with Crippen LogP contribution >= 0.6 is 11.8 Å². The molecule has 2 aromatic rings. The first-order valence-electron chi connectivity index (χ1n) is 9.92. The van der Waals surface area contributed by atoms with Crippen molar-refractivity contribution in [3.8, 4) is 11.3 Å². The fraction of sp³-hybridized carbons (Fsp3) is 0.524. The molecular formula is C21H29N5O3S. The van der Waals surface area contributed by atoms with Gasteiger partial charge in [0.1, 0.15) is 17.8 Å². The lowest BCUT2D eigenvalue weighted by Crippen LogP contribution is -2.49. The fourth-order valence-electron chi connectivity index (χ4n) is 3.81. The van der Waals surface area contributed by atoms with E-state index < -0.39 is 23.6 Å². The quantitative estimate of drug-likeness (QED) is 0.702. The summed E-state index contributed by atoms with van der Waals surface area (Å²) >= 11 is 1.66. The lowest BCUT2D eigenvalue weighted by atomic mass is 9.85. The molecule has 1 aromatic heterocycles. The lowest BCUT2D eigenvalue weighted by molar-refractivity contribution is -0.144. The predicted octanol–water partition coefficient (Wildman–Crippen LogP) is 1.96. The average molecular weight is 432 g/mol. The van der Waals surface area contributed by atoms with Crippen LogP contribution in [0.2, 0.25) is 0 Å². The zero-order chi connectivity index (χ0) is 22.1. The Kier molecular flexibility index (Phi) is 6.52. The molecule has 1 aliphatic heterocycles. The smallest absolute Gasteiger partial charge is 0.248 e. The van der Waals surface area contributed by atoms with E-state index in [1.807, 2.05) is 51.3 Å². The lowest BCUT2D eigenvalue weighted by Gasteiger charge is -2.34. The summed E-state index contributed by atoms with van der Waals surface area (Å²) in [4.78, 5) is 28.4. The summed E-state index contributed by atoms with van der Waals surface area (Å²) in [6.07, 6.45) is 3.29. The highest BCUT2D eigenvalue weighted by atomic mass is 32.2. The molecule has 1 saturated heterocycles. The van der Waals surface area contributed by atoms with Crippen LogP contribution in [0.3, 0.4) is 0 Å². The number of nitrogens with zero attached hydrogens (tertiary/aromatic N) is 4. The van der Waals surface area contributed by atoms with E-state index in [0.29, 0.717) is 5.69 Å². The van der Waals surface area contributed by atoms with Crippen LogP contribution in [0, 0.1) is 5.41 Å². The maximum atomic E-state index is 13.5. The second kappa shape index (κ2) is 8.77. The van der Waals surface area contributed by atoms with Crippen molar-refractivity contribution in [1.29, 1.82) is 0 Å². The number of carbonyl (C=O) groups excluding carboxylic acids is 2. The van der Waals surface area contributed by atoms with Gasteiger partial charge in [-0.25, -0.2) is 4.68 Å². The van der Waals surface area contributed by atoms with Gasteiger partial charge in [0.15, 0.2) is 0 Å². The Morgan fingerprint density at radius 3 is 2.50 bits per heavy atom. The minimum atomic E-state index is -0.724. The minimum absolute atomic E-state index is 0.126. The molecule has 1 aliphatic rings. The standard InChI is InChI=1S/C21H29N5O3S/c1-21(2,3)18(20(29)25-11-14(27)10-17(25)19(28)22-4)26-12-16(23-24-26)13-6-8-15(30-5)9-7-13/h6-9,12,14,17-18,27H,10-11H2,1-5H3,(H,22,28)/t14?,17?,18-/m1/s1. The highest BCUT2D eigenvalue weighted by Crippen LogP contribution is 2.35. The Hall–Kier alpha value is -2.39. The minimum Gasteiger partial charge on any atom is -0.391 e. The summed E-state index contributed by atoms with van der Waals surface area (Å²) in [5, 5.41) is 21.2. The first-order valence-corrected chi connectivity index (χ1v) is 11.1. The van der Waals surface area contributed by atoms with Crippen LogP contribution in [-0.2, 0) is 9.59 Å². The number of rotatable bonds is 5. The number of benzene rings is 1. The molecule has 0 aliphatic carbocycles. The summed E-state index contributed by atoms with van der Waals surface area (Å²) in [6, 6.07) is 6.64. The van der Waals surface area contributed by atoms with Crippen molar-refractivity contribution in [2.75, 3.05) is 19.8 Å². The van der Waals surface area contributed by atoms with Crippen molar-refractivity contribution < 1.29 is 14.7 Å². The van der Waals surface area contributed by atoms with Gasteiger partial charge in [0.05, 0.1) is 12.3 Å². The van der Waals surface area contributed by atoms with Crippen LogP contribution in [0.25, 0.3) is 11.3 Å². The van der Waals surface area contributed by atoms with Crippen LogP contribution in [0.15, 0.2) is 35.4 Å². The molecule has 3 atom stereocenters. The van der Waals surface area contributed by atoms with E-state index in [0.717, 1.165) is 10.5 Å². The highest BCUT2D eigenvalue weighted by Gasteiger charge is 2.45. The Morgan fingerprint density at radius 2 is 1.93 bits per heavy atom. The topological polar surface area (TPSA) is 100 Å². The van der Waals surface area contributed by atoms with E-state index in [1.54, 1.807) is 22.6 Å². The monoisotopic (exact) mass is 431 g/mol. The van der Waals surface area contributed by atoms with Gasteiger partial charge in [-0.15, -0.1) is 16.9 Å². The number of hydrogen-bond donors (Lipinski definition) is 2. The second-order valence-corrected chi connectivity index (χ2v) is 9.47. The molecule has 2 N–H and O–H groups in total. The highest BCUT2D eigenvalue weighted by molar-refractivity contribution is 7.98. The molecule has 0 bridgehead atoms. The van der Waals surface area contributed by atoms with Crippen LogP contribution in [0.4, 0.5) is 0 Å². The van der Waals surface area contributed by atoms with Crippen LogP contribution in [0.1, 0.15) is 33.2 Å². The van der Waals surface area contributed by atoms with E-state index in [1.165, 1.54) is 11.9 Å². The van der Waals surface area contributed by atoms with Gasteiger partial charge in [-0.3, -0.25) is 9.59 Å². The van der Waals surface area contributed by atoms with Gasteiger partial charge >= 0.3 is 0 Å². The van der Waals surface area contributed by atoms with Crippen molar-refractivity contribution in [2.24, 2.45) is 5.41 Å². The molecule has 9 heteroatoms. The molecule has 3 rings (SSSR count). The molecule has 2 amide bonds.